The van der Waals surface area contributed by atoms with Crippen LogP contribution in [0.15, 0.2) is 30.3 Å². The highest BCUT2D eigenvalue weighted by atomic mass is 19.4. The molecule has 5 nitrogen and oxygen atoms in total. The van der Waals surface area contributed by atoms with Crippen LogP contribution < -0.4 is 5.32 Å². The molecule has 0 fully saturated rings. The summed E-state index contributed by atoms with van der Waals surface area (Å²) in [6, 6.07) is 6.35. The van der Waals surface area contributed by atoms with E-state index < -0.39 is 31.0 Å². The molecule has 20 heavy (non-hydrogen) atoms. The van der Waals surface area contributed by atoms with E-state index in [-0.39, 0.29) is 6.61 Å². The van der Waals surface area contributed by atoms with Gasteiger partial charge in [0.05, 0.1) is 19.3 Å². The van der Waals surface area contributed by atoms with Gasteiger partial charge in [-0.05, 0) is 5.56 Å². The maximum Gasteiger partial charge on any atom is 0.416 e. The third-order valence-electron chi connectivity index (χ3n) is 2.47. The summed E-state index contributed by atoms with van der Waals surface area (Å²) < 4.78 is 43.3. The van der Waals surface area contributed by atoms with Crippen molar-refractivity contribution in [2.75, 3.05) is 6.61 Å². The van der Waals surface area contributed by atoms with Crippen molar-refractivity contribution in [3.63, 3.8) is 0 Å². The lowest BCUT2D eigenvalue weighted by atomic mass is 10.1. The number of benzene rings is 1. The summed E-state index contributed by atoms with van der Waals surface area (Å²) >= 11 is 0. The van der Waals surface area contributed by atoms with Crippen molar-refractivity contribution >= 4 is 6.09 Å². The van der Waals surface area contributed by atoms with Crippen LogP contribution in [-0.4, -0.2) is 41.2 Å². The number of halogens is 3. The molecule has 1 aromatic rings. The maximum absolute atomic E-state index is 12.8. The summed E-state index contributed by atoms with van der Waals surface area (Å²) in [5, 5.41) is 19.0. The van der Waals surface area contributed by atoms with Crippen molar-refractivity contribution in [2.45, 2.75) is 24.9 Å². The number of nitrogens with one attached hydrogen (secondary N) is 1. The van der Waals surface area contributed by atoms with E-state index in [9.17, 15) is 18.0 Å². The van der Waals surface area contributed by atoms with Gasteiger partial charge in [-0.2, -0.15) is 13.2 Å². The predicted molar refractivity (Wildman–Crippen MR) is 63.1 cm³/mol. The number of ether oxygens (including phenoxy) is 1. The molecule has 112 valence electrons. The molecule has 0 aliphatic carbocycles. The molecule has 8 heteroatoms. The van der Waals surface area contributed by atoms with Crippen molar-refractivity contribution in [2.24, 2.45) is 0 Å². The molecule has 0 saturated carbocycles. The number of aliphatic hydroxyl groups is 1. The molecule has 2 atom stereocenters. The maximum atomic E-state index is 12.8. The van der Waals surface area contributed by atoms with E-state index >= 15 is 0 Å². The van der Waals surface area contributed by atoms with Crippen molar-refractivity contribution in [1.82, 2.24) is 5.32 Å². The first-order valence-electron chi connectivity index (χ1n) is 5.67. The second-order valence-corrected chi connectivity index (χ2v) is 4.00. The van der Waals surface area contributed by atoms with E-state index in [2.05, 4.69) is 0 Å². The topological polar surface area (TPSA) is 78.8 Å². The Morgan fingerprint density at radius 3 is 2.35 bits per heavy atom. The minimum atomic E-state index is -4.80. The molecular weight excluding hydrogens is 279 g/mol. The molecule has 0 spiro atoms. The molecule has 0 aliphatic rings. The molecule has 0 aliphatic heterocycles. The summed E-state index contributed by atoms with van der Waals surface area (Å²) in [5.41, 5.74) is 0.508. The lowest BCUT2D eigenvalue weighted by Gasteiger charge is -2.27. The Morgan fingerprint density at radius 2 is 1.90 bits per heavy atom. The highest BCUT2D eigenvalue weighted by molar-refractivity contribution is 5.65. The first-order chi connectivity index (χ1) is 9.34. The first-order valence-corrected chi connectivity index (χ1v) is 5.67. The number of carboxylic acid groups (broad SMARTS) is 1. The van der Waals surface area contributed by atoms with E-state index in [0.29, 0.717) is 5.56 Å². The predicted octanol–water partition coefficient (Wildman–Crippen LogP) is 1.76. The molecule has 0 unspecified atom stereocenters. The summed E-state index contributed by atoms with van der Waals surface area (Å²) in [4.78, 5) is 10.4. The average Bonchev–Trinajstić information content (AvgIpc) is 2.36. The molecule has 1 amide bonds. The van der Waals surface area contributed by atoms with Gasteiger partial charge in [-0.25, -0.2) is 4.79 Å². The van der Waals surface area contributed by atoms with Gasteiger partial charge >= 0.3 is 12.3 Å². The summed E-state index contributed by atoms with van der Waals surface area (Å²) in [7, 11) is 0. The van der Waals surface area contributed by atoms with Crippen LogP contribution in [0.4, 0.5) is 18.0 Å². The number of hydrogen-bond donors (Lipinski definition) is 3. The van der Waals surface area contributed by atoms with E-state index in [1.165, 1.54) is 0 Å². The summed E-state index contributed by atoms with van der Waals surface area (Å²) in [6.07, 6.45) is -8.89. The summed E-state index contributed by atoms with van der Waals surface area (Å²) in [6.45, 7) is -1.37. The third kappa shape index (κ3) is 5.06. The molecule has 0 saturated heterocycles. The van der Waals surface area contributed by atoms with Crippen LogP contribution in [-0.2, 0) is 11.3 Å². The van der Waals surface area contributed by atoms with Crippen LogP contribution in [0.1, 0.15) is 5.56 Å². The van der Waals surface area contributed by atoms with Crippen molar-refractivity contribution in [3.8, 4) is 0 Å². The second-order valence-electron chi connectivity index (χ2n) is 4.00. The van der Waals surface area contributed by atoms with Crippen molar-refractivity contribution in [3.05, 3.63) is 35.9 Å². The Labute approximate surface area is 113 Å². The smallest absolute Gasteiger partial charge is 0.416 e. The van der Waals surface area contributed by atoms with Gasteiger partial charge in [-0.3, -0.25) is 0 Å². The molecule has 0 radical (unpaired) electrons. The second kappa shape index (κ2) is 7.11. The van der Waals surface area contributed by atoms with Gasteiger partial charge in [0.25, 0.3) is 0 Å². The fourth-order valence-corrected chi connectivity index (χ4v) is 1.57. The quantitative estimate of drug-likeness (QED) is 0.747. The van der Waals surface area contributed by atoms with Crippen LogP contribution >= 0.6 is 0 Å². The average molecular weight is 293 g/mol. The van der Waals surface area contributed by atoms with E-state index in [0.717, 1.165) is 0 Å². The van der Waals surface area contributed by atoms with Crippen LogP contribution in [0.2, 0.25) is 0 Å². The molecule has 0 heterocycles. The monoisotopic (exact) mass is 293 g/mol. The fourth-order valence-electron chi connectivity index (χ4n) is 1.57. The number of alkyl halides is 3. The largest absolute Gasteiger partial charge is 0.465 e. The minimum Gasteiger partial charge on any atom is -0.465 e. The van der Waals surface area contributed by atoms with Gasteiger partial charge in [-0.1, -0.05) is 30.3 Å². The number of rotatable bonds is 6. The van der Waals surface area contributed by atoms with Gasteiger partial charge in [-0.15, -0.1) is 0 Å². The van der Waals surface area contributed by atoms with E-state index in [1.807, 2.05) is 0 Å². The lowest BCUT2D eigenvalue weighted by molar-refractivity contribution is -0.234. The zero-order chi connectivity index (χ0) is 15.2. The molecular formula is C12H14F3NO4. The van der Waals surface area contributed by atoms with Gasteiger partial charge in [0.1, 0.15) is 0 Å². The van der Waals surface area contributed by atoms with Crippen LogP contribution in [0.25, 0.3) is 0 Å². The van der Waals surface area contributed by atoms with Gasteiger partial charge in [0.2, 0.25) is 0 Å². The number of amides is 1. The summed E-state index contributed by atoms with van der Waals surface area (Å²) in [5.74, 6) is 0. The van der Waals surface area contributed by atoms with Gasteiger partial charge in [0.15, 0.2) is 6.10 Å². The SMILES string of the molecule is O=C(O)N[C@@H](CO)[C@H](OCc1ccccc1)C(F)(F)F. The lowest BCUT2D eigenvalue weighted by Crippen LogP contribution is -2.53. The standard InChI is InChI=1S/C12H14F3NO4/c13-12(14,15)10(9(6-17)16-11(18)19)20-7-8-4-2-1-3-5-8/h1-5,9-10,16-17H,6-7H2,(H,18,19)/t9-,10-/m0/s1. The van der Waals surface area contributed by atoms with Gasteiger partial charge in [0, 0.05) is 0 Å². The van der Waals surface area contributed by atoms with E-state index in [4.69, 9.17) is 14.9 Å². The third-order valence-corrected chi connectivity index (χ3v) is 2.47. The van der Waals surface area contributed by atoms with Crippen LogP contribution in [0.3, 0.4) is 0 Å². The Balaban J connectivity index is 2.76. The van der Waals surface area contributed by atoms with E-state index in [1.54, 1.807) is 35.6 Å². The van der Waals surface area contributed by atoms with Crippen LogP contribution in [0.5, 0.6) is 0 Å². The normalized spacial score (nSPS) is 14.6. The Bertz CT molecular complexity index is 424. The zero-order valence-electron chi connectivity index (χ0n) is 10.3. The highest BCUT2D eigenvalue weighted by Gasteiger charge is 2.46. The number of hydrogen-bond acceptors (Lipinski definition) is 3. The minimum absolute atomic E-state index is 0.344. The van der Waals surface area contributed by atoms with Crippen molar-refractivity contribution < 1.29 is 32.9 Å². The Morgan fingerprint density at radius 1 is 1.30 bits per heavy atom. The highest BCUT2D eigenvalue weighted by Crippen LogP contribution is 2.26. The number of carbonyl (C=O) groups is 1. The molecule has 3 N–H and O–H groups in total. The molecule has 1 aromatic carbocycles. The Hall–Kier alpha value is -1.80. The van der Waals surface area contributed by atoms with Crippen molar-refractivity contribution in [1.29, 1.82) is 0 Å². The fraction of sp³-hybridized carbons (Fsp3) is 0.417. The van der Waals surface area contributed by atoms with Gasteiger partial charge < -0.3 is 20.3 Å². The number of aliphatic hydroxyl groups excluding tert-OH is 1. The molecule has 0 aromatic heterocycles. The molecule has 0 bridgehead atoms. The zero-order valence-corrected chi connectivity index (χ0v) is 10.3. The first kappa shape index (κ1) is 16.3. The Kier molecular flexibility index (Phi) is 5.78. The van der Waals surface area contributed by atoms with Crippen LogP contribution in [0, 0.1) is 0 Å². The molecule has 1 rings (SSSR count).